The normalized spacial score (nSPS) is 23.3. The minimum absolute atomic E-state index is 0.0905. The molecule has 2 heterocycles. The van der Waals surface area contributed by atoms with E-state index in [-0.39, 0.29) is 18.1 Å². The Labute approximate surface area is 137 Å². The van der Waals surface area contributed by atoms with Gasteiger partial charge in [0.1, 0.15) is 6.61 Å². The molecule has 0 aromatic heterocycles. The minimum atomic E-state index is -0.363. The van der Waals surface area contributed by atoms with Crippen LogP contribution in [-0.4, -0.2) is 44.8 Å². The molecular formula is C18H25NO4. The van der Waals surface area contributed by atoms with Gasteiger partial charge in [0, 0.05) is 6.54 Å². The Balaban J connectivity index is 2.13. The van der Waals surface area contributed by atoms with Gasteiger partial charge in [-0.05, 0) is 36.1 Å². The molecule has 0 N–H and O–H groups in total. The van der Waals surface area contributed by atoms with Gasteiger partial charge in [-0.3, -0.25) is 4.79 Å². The maximum Gasteiger partial charge on any atom is 0.249 e. The van der Waals surface area contributed by atoms with E-state index in [1.165, 1.54) is 5.56 Å². The molecule has 2 aliphatic heterocycles. The predicted molar refractivity (Wildman–Crippen MR) is 87.0 cm³/mol. The molecule has 1 unspecified atom stereocenters. The number of amides is 1. The Bertz CT molecular complexity index is 601. The Kier molecular flexibility index (Phi) is 4.48. The number of fused-ring (bicyclic) bond motifs is 3. The van der Waals surface area contributed by atoms with E-state index in [1.54, 1.807) is 14.2 Å². The number of carbonyl (C=O) groups is 1. The molecule has 1 saturated heterocycles. The molecule has 1 aromatic carbocycles. The Hall–Kier alpha value is -1.75. The number of rotatable bonds is 5. The number of carbonyl (C=O) groups excluding carboxylic acids is 1. The van der Waals surface area contributed by atoms with Crippen molar-refractivity contribution in [2.75, 3.05) is 34.0 Å². The van der Waals surface area contributed by atoms with Crippen LogP contribution < -0.4 is 9.47 Å². The summed E-state index contributed by atoms with van der Waals surface area (Å²) in [5, 5.41) is 0. The monoisotopic (exact) mass is 319 g/mol. The molecule has 1 aromatic rings. The summed E-state index contributed by atoms with van der Waals surface area (Å²) in [4.78, 5) is 14.5. The number of benzene rings is 1. The smallest absolute Gasteiger partial charge is 0.249 e. The summed E-state index contributed by atoms with van der Waals surface area (Å²) in [5.41, 5.74) is 2.02. The highest BCUT2D eigenvalue weighted by Crippen LogP contribution is 2.45. The molecule has 5 heteroatoms. The van der Waals surface area contributed by atoms with E-state index in [0.29, 0.717) is 12.4 Å². The lowest BCUT2D eigenvalue weighted by molar-refractivity contribution is -0.161. The van der Waals surface area contributed by atoms with Gasteiger partial charge in [-0.15, -0.1) is 0 Å². The summed E-state index contributed by atoms with van der Waals surface area (Å²) >= 11 is 0. The van der Waals surface area contributed by atoms with Crippen LogP contribution in [0.5, 0.6) is 11.5 Å². The number of ether oxygens (including phenoxy) is 3. The van der Waals surface area contributed by atoms with Crippen molar-refractivity contribution in [3.05, 3.63) is 23.3 Å². The zero-order valence-corrected chi connectivity index (χ0v) is 14.2. The maximum absolute atomic E-state index is 12.4. The lowest BCUT2D eigenvalue weighted by Gasteiger charge is -2.51. The maximum atomic E-state index is 12.4. The fourth-order valence-electron chi connectivity index (χ4n) is 3.87. The van der Waals surface area contributed by atoms with Crippen LogP contribution in [-0.2, 0) is 21.5 Å². The highest BCUT2D eigenvalue weighted by Gasteiger charge is 2.47. The van der Waals surface area contributed by atoms with Crippen molar-refractivity contribution in [1.82, 2.24) is 4.90 Å². The first-order valence-electron chi connectivity index (χ1n) is 8.30. The number of unbranched alkanes of at least 4 members (excludes halogenated alkanes) is 1. The topological polar surface area (TPSA) is 48.0 Å². The third-order valence-electron chi connectivity index (χ3n) is 5.04. The molecular weight excluding hydrogens is 294 g/mol. The average molecular weight is 319 g/mol. The standard InChI is InChI=1S/C18H25NO4/c1-4-5-7-18-12-23-11-17(20)19(18)8-6-13-9-15(21-2)16(22-3)10-14(13)18/h9-10H,4-8,11-12H2,1-3H3. The first-order valence-corrected chi connectivity index (χ1v) is 8.30. The third-order valence-corrected chi connectivity index (χ3v) is 5.04. The molecule has 1 atom stereocenters. The molecule has 126 valence electrons. The summed E-state index contributed by atoms with van der Waals surface area (Å²) < 4.78 is 16.6. The van der Waals surface area contributed by atoms with Gasteiger partial charge in [0.25, 0.3) is 0 Å². The summed E-state index contributed by atoms with van der Waals surface area (Å²) in [6, 6.07) is 4.09. The molecule has 5 nitrogen and oxygen atoms in total. The Morgan fingerprint density at radius 2 is 2.00 bits per heavy atom. The van der Waals surface area contributed by atoms with Crippen molar-refractivity contribution in [3.8, 4) is 11.5 Å². The van der Waals surface area contributed by atoms with Gasteiger partial charge in [-0.2, -0.15) is 0 Å². The predicted octanol–water partition coefficient (Wildman–Crippen LogP) is 2.50. The minimum Gasteiger partial charge on any atom is -0.493 e. The third kappa shape index (κ3) is 2.57. The van der Waals surface area contributed by atoms with Crippen molar-refractivity contribution in [3.63, 3.8) is 0 Å². The fourth-order valence-corrected chi connectivity index (χ4v) is 3.87. The van der Waals surface area contributed by atoms with Crippen LogP contribution in [0.25, 0.3) is 0 Å². The van der Waals surface area contributed by atoms with Crippen LogP contribution >= 0.6 is 0 Å². The van der Waals surface area contributed by atoms with Crippen LogP contribution in [0.15, 0.2) is 12.1 Å². The van der Waals surface area contributed by atoms with Gasteiger partial charge < -0.3 is 19.1 Å². The summed E-state index contributed by atoms with van der Waals surface area (Å²) in [5.74, 6) is 1.54. The second-order valence-corrected chi connectivity index (χ2v) is 6.29. The van der Waals surface area contributed by atoms with E-state index < -0.39 is 0 Å². The number of methoxy groups -OCH3 is 2. The van der Waals surface area contributed by atoms with Crippen molar-refractivity contribution in [2.45, 2.75) is 38.1 Å². The molecule has 0 spiro atoms. The van der Waals surface area contributed by atoms with E-state index >= 15 is 0 Å². The van der Waals surface area contributed by atoms with E-state index in [2.05, 4.69) is 13.0 Å². The number of nitrogens with zero attached hydrogens (tertiary/aromatic N) is 1. The van der Waals surface area contributed by atoms with Crippen LogP contribution in [0.3, 0.4) is 0 Å². The van der Waals surface area contributed by atoms with Crippen LogP contribution in [0, 0.1) is 0 Å². The van der Waals surface area contributed by atoms with Gasteiger partial charge >= 0.3 is 0 Å². The Morgan fingerprint density at radius 1 is 1.26 bits per heavy atom. The van der Waals surface area contributed by atoms with Gasteiger partial charge in [0.15, 0.2) is 11.5 Å². The quantitative estimate of drug-likeness (QED) is 0.837. The SMILES string of the molecule is CCCCC12COCC(=O)N1CCc1cc(OC)c(OC)cc12. The summed E-state index contributed by atoms with van der Waals surface area (Å²) in [6.45, 7) is 3.66. The molecule has 0 radical (unpaired) electrons. The van der Waals surface area contributed by atoms with Crippen molar-refractivity contribution >= 4 is 5.91 Å². The van der Waals surface area contributed by atoms with Crippen LogP contribution in [0.2, 0.25) is 0 Å². The number of hydrogen-bond acceptors (Lipinski definition) is 4. The Morgan fingerprint density at radius 3 is 2.70 bits per heavy atom. The molecule has 1 amide bonds. The van der Waals surface area contributed by atoms with Crippen molar-refractivity contribution in [2.24, 2.45) is 0 Å². The average Bonchev–Trinajstić information content (AvgIpc) is 2.58. The van der Waals surface area contributed by atoms with Gasteiger partial charge in [0.2, 0.25) is 5.91 Å². The van der Waals surface area contributed by atoms with E-state index in [1.807, 2.05) is 11.0 Å². The van der Waals surface area contributed by atoms with Gasteiger partial charge in [-0.1, -0.05) is 19.8 Å². The highest BCUT2D eigenvalue weighted by molar-refractivity contribution is 5.80. The molecule has 2 aliphatic rings. The molecule has 23 heavy (non-hydrogen) atoms. The zero-order chi connectivity index (χ0) is 16.4. The number of morpholine rings is 1. The largest absolute Gasteiger partial charge is 0.493 e. The van der Waals surface area contributed by atoms with E-state index in [9.17, 15) is 4.79 Å². The first-order chi connectivity index (χ1) is 11.2. The molecule has 0 aliphatic carbocycles. The van der Waals surface area contributed by atoms with Crippen molar-refractivity contribution < 1.29 is 19.0 Å². The fraction of sp³-hybridized carbons (Fsp3) is 0.611. The highest BCUT2D eigenvalue weighted by atomic mass is 16.5. The van der Waals surface area contributed by atoms with Crippen LogP contribution in [0.1, 0.15) is 37.3 Å². The number of hydrogen-bond donors (Lipinski definition) is 0. The molecule has 0 bridgehead atoms. The van der Waals surface area contributed by atoms with Crippen molar-refractivity contribution in [1.29, 1.82) is 0 Å². The second kappa shape index (κ2) is 6.40. The van der Waals surface area contributed by atoms with Gasteiger partial charge in [0.05, 0.1) is 26.4 Å². The lowest BCUT2D eigenvalue weighted by atomic mass is 9.76. The summed E-state index contributed by atoms with van der Waals surface area (Å²) in [6.07, 6.45) is 3.90. The molecule has 3 rings (SSSR count). The first kappa shape index (κ1) is 16.1. The molecule has 1 fully saturated rings. The van der Waals surface area contributed by atoms with E-state index in [4.69, 9.17) is 14.2 Å². The van der Waals surface area contributed by atoms with E-state index in [0.717, 1.165) is 43.5 Å². The van der Waals surface area contributed by atoms with Crippen LogP contribution in [0.4, 0.5) is 0 Å². The second-order valence-electron chi connectivity index (χ2n) is 6.29. The van der Waals surface area contributed by atoms with Gasteiger partial charge in [-0.25, -0.2) is 0 Å². The zero-order valence-electron chi connectivity index (χ0n) is 14.2. The lowest BCUT2D eigenvalue weighted by Crippen LogP contribution is -2.60. The molecule has 0 saturated carbocycles. The summed E-state index contributed by atoms with van der Waals surface area (Å²) in [7, 11) is 3.30.